The van der Waals surface area contributed by atoms with E-state index in [0.29, 0.717) is 23.3 Å². The summed E-state index contributed by atoms with van der Waals surface area (Å²) in [5.41, 5.74) is -0.376. The van der Waals surface area contributed by atoms with Gasteiger partial charge in [-0.25, -0.2) is 0 Å². The Morgan fingerprint density at radius 2 is 2.00 bits per heavy atom. The lowest BCUT2D eigenvalue weighted by Crippen LogP contribution is -2.21. The van der Waals surface area contributed by atoms with Crippen molar-refractivity contribution < 1.29 is 13.2 Å². The maximum Gasteiger partial charge on any atom is 0.417 e. The maximum absolute atomic E-state index is 12.4. The number of aromatic nitrogens is 3. The summed E-state index contributed by atoms with van der Waals surface area (Å²) >= 11 is 1.31. The van der Waals surface area contributed by atoms with Crippen molar-refractivity contribution in [1.82, 2.24) is 20.5 Å². The van der Waals surface area contributed by atoms with Gasteiger partial charge in [0, 0.05) is 18.8 Å². The molecule has 4 nitrogen and oxygen atoms in total. The first kappa shape index (κ1) is 14.9. The molecule has 8 heteroatoms. The normalized spacial score (nSPS) is 12.1. The summed E-state index contributed by atoms with van der Waals surface area (Å²) in [5, 5.41) is 12.4. The molecular weight excluding hydrogens is 289 g/mol. The Hall–Kier alpha value is -1.54. The molecule has 0 bridgehead atoms. The number of rotatable bonds is 4. The van der Waals surface area contributed by atoms with Crippen molar-refractivity contribution in [1.29, 1.82) is 0 Å². The molecule has 0 radical (unpaired) electrons. The summed E-state index contributed by atoms with van der Waals surface area (Å²) < 4.78 is 37.3. The second kappa shape index (κ2) is 5.84. The third-order valence-corrected chi connectivity index (χ3v) is 3.38. The molecule has 0 aromatic carbocycles. The standard InChI is InChI=1S/C12H13F3N4S/c1-7(2)16-6-10-18-19-11(20-10)9-4-3-8(5-17-9)12(13,14)15/h3-5,7,16H,6H2,1-2H3. The van der Waals surface area contributed by atoms with Gasteiger partial charge in [0.25, 0.3) is 0 Å². The zero-order chi connectivity index (χ0) is 14.8. The van der Waals surface area contributed by atoms with E-state index in [1.54, 1.807) is 0 Å². The Bertz CT molecular complexity index is 563. The average molecular weight is 302 g/mol. The Kier molecular flexibility index (Phi) is 4.34. The molecule has 0 aliphatic carbocycles. The molecule has 20 heavy (non-hydrogen) atoms. The van der Waals surface area contributed by atoms with E-state index < -0.39 is 11.7 Å². The molecule has 2 aromatic heterocycles. The van der Waals surface area contributed by atoms with Gasteiger partial charge in [-0.3, -0.25) is 4.98 Å². The first-order valence-electron chi connectivity index (χ1n) is 5.95. The molecule has 0 unspecified atom stereocenters. The van der Waals surface area contributed by atoms with Gasteiger partial charge in [0.2, 0.25) is 0 Å². The minimum absolute atomic E-state index is 0.326. The van der Waals surface area contributed by atoms with Crippen LogP contribution in [0.3, 0.4) is 0 Å². The van der Waals surface area contributed by atoms with Crippen LogP contribution in [0.15, 0.2) is 18.3 Å². The summed E-state index contributed by atoms with van der Waals surface area (Å²) in [6.07, 6.45) is -3.57. The topological polar surface area (TPSA) is 50.7 Å². The van der Waals surface area contributed by atoms with Crippen LogP contribution in [0.25, 0.3) is 10.7 Å². The van der Waals surface area contributed by atoms with Gasteiger partial charge in [-0.2, -0.15) is 13.2 Å². The van der Waals surface area contributed by atoms with Crippen molar-refractivity contribution in [2.24, 2.45) is 0 Å². The fourth-order valence-electron chi connectivity index (χ4n) is 1.41. The maximum atomic E-state index is 12.4. The minimum atomic E-state index is -4.38. The molecule has 0 atom stereocenters. The Balaban J connectivity index is 2.12. The number of hydrogen-bond acceptors (Lipinski definition) is 5. The molecule has 0 aliphatic heterocycles. The van der Waals surface area contributed by atoms with Crippen molar-refractivity contribution in [3.8, 4) is 10.7 Å². The van der Waals surface area contributed by atoms with E-state index in [2.05, 4.69) is 20.5 Å². The van der Waals surface area contributed by atoms with Crippen LogP contribution in [0.5, 0.6) is 0 Å². The molecule has 2 aromatic rings. The lowest BCUT2D eigenvalue weighted by molar-refractivity contribution is -0.137. The van der Waals surface area contributed by atoms with Crippen molar-refractivity contribution >= 4 is 11.3 Å². The molecule has 0 fully saturated rings. The molecule has 0 saturated heterocycles. The number of nitrogens with zero attached hydrogens (tertiary/aromatic N) is 3. The van der Waals surface area contributed by atoms with Crippen LogP contribution in [0.1, 0.15) is 24.4 Å². The zero-order valence-electron chi connectivity index (χ0n) is 10.9. The molecule has 108 valence electrons. The van der Waals surface area contributed by atoms with Crippen LogP contribution in [0, 0.1) is 0 Å². The van der Waals surface area contributed by atoms with E-state index in [4.69, 9.17) is 0 Å². The molecule has 2 rings (SSSR count). The smallest absolute Gasteiger partial charge is 0.308 e. The first-order valence-corrected chi connectivity index (χ1v) is 6.77. The molecule has 0 amide bonds. The largest absolute Gasteiger partial charge is 0.417 e. The van der Waals surface area contributed by atoms with Gasteiger partial charge in [-0.15, -0.1) is 10.2 Å². The lowest BCUT2D eigenvalue weighted by atomic mass is 10.2. The van der Waals surface area contributed by atoms with Crippen LogP contribution in [0.4, 0.5) is 13.2 Å². The van der Waals surface area contributed by atoms with Gasteiger partial charge in [-0.05, 0) is 12.1 Å². The highest BCUT2D eigenvalue weighted by molar-refractivity contribution is 7.14. The molecule has 0 saturated carbocycles. The fraction of sp³-hybridized carbons (Fsp3) is 0.417. The van der Waals surface area contributed by atoms with Crippen molar-refractivity contribution in [2.45, 2.75) is 32.6 Å². The SMILES string of the molecule is CC(C)NCc1nnc(-c2ccc(C(F)(F)F)cn2)s1. The highest BCUT2D eigenvalue weighted by atomic mass is 32.1. The van der Waals surface area contributed by atoms with Gasteiger partial charge < -0.3 is 5.32 Å². The van der Waals surface area contributed by atoms with Gasteiger partial charge in [0.05, 0.1) is 5.56 Å². The summed E-state index contributed by atoms with van der Waals surface area (Å²) in [6, 6.07) is 2.63. The van der Waals surface area contributed by atoms with Gasteiger partial charge in [0.15, 0.2) is 5.01 Å². The Labute approximate surface area is 118 Å². The van der Waals surface area contributed by atoms with Gasteiger partial charge in [0.1, 0.15) is 10.7 Å². The highest BCUT2D eigenvalue weighted by Crippen LogP contribution is 2.30. The van der Waals surface area contributed by atoms with Gasteiger partial charge in [-0.1, -0.05) is 25.2 Å². The van der Waals surface area contributed by atoms with Crippen LogP contribution >= 0.6 is 11.3 Å². The van der Waals surface area contributed by atoms with E-state index in [1.165, 1.54) is 17.4 Å². The van der Waals surface area contributed by atoms with Crippen LogP contribution < -0.4 is 5.32 Å². The average Bonchev–Trinajstić information content (AvgIpc) is 2.84. The molecular formula is C12H13F3N4S. The van der Waals surface area contributed by atoms with E-state index in [-0.39, 0.29) is 0 Å². The Morgan fingerprint density at radius 3 is 2.55 bits per heavy atom. The van der Waals surface area contributed by atoms with Crippen molar-refractivity contribution in [2.75, 3.05) is 0 Å². The second-order valence-electron chi connectivity index (χ2n) is 4.47. The summed E-state index contributed by atoms with van der Waals surface area (Å²) in [7, 11) is 0. The number of pyridine rings is 1. The van der Waals surface area contributed by atoms with E-state index in [9.17, 15) is 13.2 Å². The first-order chi connectivity index (χ1) is 9.36. The van der Waals surface area contributed by atoms with Crippen LogP contribution in [-0.4, -0.2) is 21.2 Å². The van der Waals surface area contributed by atoms with Crippen LogP contribution in [0.2, 0.25) is 0 Å². The third kappa shape index (κ3) is 3.73. The predicted molar refractivity (Wildman–Crippen MR) is 70.1 cm³/mol. The highest BCUT2D eigenvalue weighted by Gasteiger charge is 2.30. The third-order valence-electron chi connectivity index (χ3n) is 2.44. The number of alkyl halides is 3. The second-order valence-corrected chi connectivity index (χ2v) is 5.53. The molecule has 0 aliphatic rings. The quantitative estimate of drug-likeness (QED) is 0.943. The summed E-state index contributed by atoms with van der Waals surface area (Å²) in [4.78, 5) is 3.79. The van der Waals surface area contributed by atoms with Crippen LogP contribution in [-0.2, 0) is 12.7 Å². The van der Waals surface area contributed by atoms with E-state index >= 15 is 0 Å². The molecule has 1 N–H and O–H groups in total. The minimum Gasteiger partial charge on any atom is -0.308 e. The van der Waals surface area contributed by atoms with Crippen molar-refractivity contribution in [3.63, 3.8) is 0 Å². The lowest BCUT2D eigenvalue weighted by Gasteiger charge is -2.05. The van der Waals surface area contributed by atoms with E-state index in [0.717, 1.165) is 17.3 Å². The number of halogens is 3. The Morgan fingerprint density at radius 1 is 1.25 bits per heavy atom. The summed E-state index contributed by atoms with van der Waals surface area (Å²) in [6.45, 7) is 4.61. The van der Waals surface area contributed by atoms with Crippen molar-refractivity contribution in [3.05, 3.63) is 28.9 Å². The monoisotopic (exact) mass is 302 g/mol. The molecule has 0 spiro atoms. The van der Waals surface area contributed by atoms with E-state index in [1.807, 2.05) is 13.8 Å². The zero-order valence-corrected chi connectivity index (χ0v) is 11.7. The fourth-order valence-corrected chi connectivity index (χ4v) is 2.18. The predicted octanol–water partition coefficient (Wildman–Crippen LogP) is 3.12. The molecule has 2 heterocycles. The number of hydrogen-bond donors (Lipinski definition) is 1. The van der Waals surface area contributed by atoms with Gasteiger partial charge >= 0.3 is 6.18 Å². The summed E-state index contributed by atoms with van der Waals surface area (Å²) in [5.74, 6) is 0. The number of nitrogens with one attached hydrogen (secondary N) is 1.